The number of rotatable bonds is 40. The fraction of sp³-hybridized carbons (Fsp3) is 1.00. The van der Waals surface area contributed by atoms with Gasteiger partial charge in [0.2, 0.25) is 0 Å². The lowest BCUT2D eigenvalue weighted by molar-refractivity contribution is -0.909. The number of quaternary nitrogens is 2. The molecule has 0 aliphatic heterocycles. The predicted octanol–water partition coefficient (Wildman–Crippen LogP) is 14.8. The Morgan fingerprint density at radius 1 is 0.191 bits per heavy atom. The number of nitrogens with zero attached hydrogens (tertiary/aromatic N) is 2. The zero-order valence-electron chi connectivity index (χ0n) is 34.5. The molecule has 0 N–H and O–H groups in total. The van der Waals surface area contributed by atoms with Crippen molar-refractivity contribution in [2.75, 3.05) is 54.4 Å². The third-order valence-corrected chi connectivity index (χ3v) is 11.3. The molecule has 0 aromatic rings. The molecular formula is C45H96N2+2. The van der Waals surface area contributed by atoms with Gasteiger partial charge in [0, 0.05) is 6.42 Å². The van der Waals surface area contributed by atoms with Crippen LogP contribution in [0.5, 0.6) is 0 Å². The van der Waals surface area contributed by atoms with Crippen molar-refractivity contribution in [2.24, 2.45) is 0 Å². The molecule has 0 saturated heterocycles. The lowest BCUT2D eigenvalue weighted by Gasteiger charge is -2.33. The Bertz CT molecular complexity index is 583. The summed E-state index contributed by atoms with van der Waals surface area (Å²) < 4.78 is 2.44. The molecule has 0 aromatic heterocycles. The highest BCUT2D eigenvalue weighted by Crippen LogP contribution is 2.17. The first-order valence-electron chi connectivity index (χ1n) is 22.5. The zero-order chi connectivity index (χ0) is 34.6. The molecule has 2 heteroatoms. The van der Waals surface area contributed by atoms with Gasteiger partial charge in [0.15, 0.2) is 0 Å². The van der Waals surface area contributed by atoms with Crippen LogP contribution in [0, 0.1) is 0 Å². The summed E-state index contributed by atoms with van der Waals surface area (Å²) in [6.45, 7) is 10.0. The smallest absolute Gasteiger partial charge is 0.0836 e. The first-order chi connectivity index (χ1) is 22.8. The second-order valence-corrected chi connectivity index (χ2v) is 17.4. The summed E-state index contributed by atoms with van der Waals surface area (Å²) in [4.78, 5) is 0. The van der Waals surface area contributed by atoms with E-state index in [1.54, 1.807) is 0 Å². The van der Waals surface area contributed by atoms with Gasteiger partial charge in [-0.15, -0.1) is 0 Å². The minimum atomic E-state index is 1.22. The van der Waals surface area contributed by atoms with Crippen molar-refractivity contribution in [2.45, 2.75) is 239 Å². The molecular weight excluding hydrogens is 569 g/mol. The van der Waals surface area contributed by atoms with E-state index in [0.29, 0.717) is 0 Å². The van der Waals surface area contributed by atoms with Crippen LogP contribution >= 0.6 is 0 Å². The molecule has 0 amide bonds. The standard InChI is InChI=1S/C45H96N2/c1-7-9-11-13-15-17-19-21-23-25-26-28-30-32-34-36-38-40-43-47(5,6)45-41-44-46(3,4)42-39-37-35-33-31-29-27-24-22-20-18-16-14-12-10-8-2/h7-45H2,1-6H3/q+2. The van der Waals surface area contributed by atoms with Gasteiger partial charge < -0.3 is 8.97 Å². The minimum absolute atomic E-state index is 1.22. The van der Waals surface area contributed by atoms with E-state index >= 15 is 0 Å². The van der Waals surface area contributed by atoms with E-state index in [1.165, 1.54) is 260 Å². The van der Waals surface area contributed by atoms with Crippen LogP contribution in [0.1, 0.15) is 239 Å². The molecule has 0 saturated carbocycles. The summed E-state index contributed by atoms with van der Waals surface area (Å²) in [5.41, 5.74) is 0. The summed E-state index contributed by atoms with van der Waals surface area (Å²) in [5.74, 6) is 0. The Morgan fingerprint density at radius 2 is 0.340 bits per heavy atom. The van der Waals surface area contributed by atoms with Crippen LogP contribution in [0.3, 0.4) is 0 Å². The molecule has 0 bridgehead atoms. The normalized spacial score (nSPS) is 12.4. The van der Waals surface area contributed by atoms with Gasteiger partial charge in [0.25, 0.3) is 0 Å². The van der Waals surface area contributed by atoms with E-state index in [1.807, 2.05) is 0 Å². The van der Waals surface area contributed by atoms with Crippen LogP contribution in [0.15, 0.2) is 0 Å². The first-order valence-corrected chi connectivity index (χ1v) is 22.5. The van der Waals surface area contributed by atoms with Crippen LogP contribution in [0.4, 0.5) is 0 Å². The van der Waals surface area contributed by atoms with Crippen LogP contribution in [-0.4, -0.2) is 63.3 Å². The third-order valence-electron chi connectivity index (χ3n) is 11.3. The molecule has 0 heterocycles. The minimum Gasteiger partial charge on any atom is -0.328 e. The Balaban J connectivity index is 3.47. The summed E-state index contributed by atoms with van der Waals surface area (Å²) in [7, 11) is 9.90. The summed E-state index contributed by atoms with van der Waals surface area (Å²) >= 11 is 0. The van der Waals surface area contributed by atoms with Gasteiger partial charge in [-0.1, -0.05) is 206 Å². The molecule has 0 radical (unpaired) electrons. The molecule has 284 valence electrons. The number of hydrogen-bond acceptors (Lipinski definition) is 0. The predicted molar refractivity (Wildman–Crippen MR) is 217 cm³/mol. The maximum absolute atomic E-state index is 2.48. The SMILES string of the molecule is CCCCCCCCCCCCCCCCCCCC[N+](C)(C)CCC[N+](C)(C)CCCCCCCCCCCCCCCCCC. The lowest BCUT2D eigenvalue weighted by Crippen LogP contribution is -2.46. The average molecular weight is 665 g/mol. The molecule has 0 rings (SSSR count). The first kappa shape index (κ1) is 46.9. The highest BCUT2D eigenvalue weighted by molar-refractivity contribution is 4.52. The average Bonchev–Trinajstić information content (AvgIpc) is 3.03. The fourth-order valence-electron chi connectivity index (χ4n) is 7.68. The van der Waals surface area contributed by atoms with Gasteiger partial charge in [0.05, 0.1) is 54.4 Å². The monoisotopic (exact) mass is 665 g/mol. The van der Waals surface area contributed by atoms with Crippen molar-refractivity contribution in [3.63, 3.8) is 0 Å². The van der Waals surface area contributed by atoms with Crippen LogP contribution < -0.4 is 0 Å². The molecule has 0 atom stereocenters. The lowest BCUT2D eigenvalue weighted by atomic mass is 10.0. The molecule has 0 spiro atoms. The quantitative estimate of drug-likeness (QED) is 0.0452. The highest BCUT2D eigenvalue weighted by atomic mass is 15.3. The number of unbranched alkanes of at least 4 members (excludes halogenated alkanes) is 32. The maximum atomic E-state index is 2.48. The number of hydrogen-bond donors (Lipinski definition) is 0. The van der Waals surface area contributed by atoms with Gasteiger partial charge in [-0.3, -0.25) is 0 Å². The Kier molecular flexibility index (Phi) is 35.7. The molecule has 2 nitrogen and oxygen atoms in total. The van der Waals surface area contributed by atoms with Gasteiger partial charge in [-0.2, -0.15) is 0 Å². The van der Waals surface area contributed by atoms with Crippen molar-refractivity contribution in [1.29, 1.82) is 0 Å². The van der Waals surface area contributed by atoms with E-state index in [-0.39, 0.29) is 0 Å². The van der Waals surface area contributed by atoms with Crippen molar-refractivity contribution < 1.29 is 8.97 Å². The third kappa shape index (κ3) is 38.6. The van der Waals surface area contributed by atoms with Crippen molar-refractivity contribution in [3.05, 3.63) is 0 Å². The second-order valence-electron chi connectivity index (χ2n) is 17.4. The topological polar surface area (TPSA) is 0 Å². The van der Waals surface area contributed by atoms with Gasteiger partial charge in [-0.05, 0) is 25.7 Å². The van der Waals surface area contributed by atoms with Crippen LogP contribution in [0.25, 0.3) is 0 Å². The maximum Gasteiger partial charge on any atom is 0.0836 e. The fourth-order valence-corrected chi connectivity index (χ4v) is 7.68. The van der Waals surface area contributed by atoms with Crippen molar-refractivity contribution in [3.8, 4) is 0 Å². The molecule has 0 aliphatic carbocycles. The van der Waals surface area contributed by atoms with E-state index in [2.05, 4.69) is 42.0 Å². The summed E-state index contributed by atoms with van der Waals surface area (Å²) in [5, 5.41) is 0. The van der Waals surface area contributed by atoms with Gasteiger partial charge >= 0.3 is 0 Å². The Labute approximate surface area is 301 Å². The molecule has 0 unspecified atom stereocenters. The summed E-state index contributed by atoms with van der Waals surface area (Å²) in [6, 6.07) is 0. The highest BCUT2D eigenvalue weighted by Gasteiger charge is 2.19. The van der Waals surface area contributed by atoms with Crippen LogP contribution in [0.2, 0.25) is 0 Å². The largest absolute Gasteiger partial charge is 0.328 e. The molecule has 0 aromatic carbocycles. The van der Waals surface area contributed by atoms with Crippen molar-refractivity contribution in [1.82, 2.24) is 0 Å². The second kappa shape index (κ2) is 35.7. The van der Waals surface area contributed by atoms with E-state index in [0.717, 1.165) is 0 Å². The van der Waals surface area contributed by atoms with E-state index < -0.39 is 0 Å². The Hall–Kier alpha value is -0.0800. The molecule has 0 aliphatic rings. The molecule has 47 heavy (non-hydrogen) atoms. The molecule has 0 fully saturated rings. The zero-order valence-corrected chi connectivity index (χ0v) is 34.5. The van der Waals surface area contributed by atoms with Crippen molar-refractivity contribution >= 4 is 0 Å². The van der Waals surface area contributed by atoms with Gasteiger partial charge in [0.1, 0.15) is 0 Å². The van der Waals surface area contributed by atoms with Crippen LogP contribution in [-0.2, 0) is 0 Å². The Morgan fingerprint density at radius 3 is 0.532 bits per heavy atom. The summed E-state index contributed by atoms with van der Waals surface area (Å²) in [6.07, 6.45) is 51.1. The van der Waals surface area contributed by atoms with E-state index in [9.17, 15) is 0 Å². The van der Waals surface area contributed by atoms with E-state index in [4.69, 9.17) is 0 Å². The van der Waals surface area contributed by atoms with Gasteiger partial charge in [-0.25, -0.2) is 0 Å².